The van der Waals surface area contributed by atoms with Crippen LogP contribution in [0.1, 0.15) is 25.7 Å². The van der Waals surface area contributed by atoms with E-state index in [0.29, 0.717) is 6.10 Å². The maximum absolute atomic E-state index is 5.96. The number of ether oxygens (including phenoxy) is 1. The molecule has 1 fully saturated rings. The predicted molar refractivity (Wildman–Crippen MR) is 52.4 cm³/mol. The van der Waals surface area contributed by atoms with E-state index < -0.39 is 0 Å². The fourth-order valence-electron chi connectivity index (χ4n) is 2.57. The lowest BCUT2D eigenvalue weighted by Gasteiger charge is -2.20. The van der Waals surface area contributed by atoms with Gasteiger partial charge in [-0.2, -0.15) is 0 Å². The fourth-order valence-corrected chi connectivity index (χ4v) is 2.57. The average molecular weight is 174 g/mol. The molecule has 1 nitrogen and oxygen atoms in total. The Bertz CT molecular complexity index is 309. The molecule has 0 N–H and O–H groups in total. The van der Waals surface area contributed by atoms with Crippen molar-refractivity contribution in [2.45, 2.75) is 37.9 Å². The van der Waals surface area contributed by atoms with Gasteiger partial charge in [0.15, 0.2) is 0 Å². The maximum Gasteiger partial charge on any atom is 0.102 e. The van der Waals surface area contributed by atoms with Gasteiger partial charge in [0.05, 0.1) is 6.10 Å². The summed E-state index contributed by atoms with van der Waals surface area (Å²) in [6, 6.07) is 0. The molecule has 1 heterocycles. The van der Waals surface area contributed by atoms with Crippen LogP contribution in [0.3, 0.4) is 0 Å². The molecular weight excluding hydrogens is 160 g/mol. The molecule has 0 unspecified atom stereocenters. The third-order valence-electron chi connectivity index (χ3n) is 3.21. The van der Waals surface area contributed by atoms with Gasteiger partial charge >= 0.3 is 0 Å². The lowest BCUT2D eigenvalue weighted by molar-refractivity contribution is 0.0654. The van der Waals surface area contributed by atoms with Crippen LogP contribution in [0.25, 0.3) is 0 Å². The Morgan fingerprint density at radius 2 is 2.23 bits per heavy atom. The Kier molecular flexibility index (Phi) is 1.66. The molecule has 2 atom stereocenters. The molecule has 1 heteroatoms. The van der Waals surface area contributed by atoms with Gasteiger partial charge in [-0.25, -0.2) is 0 Å². The van der Waals surface area contributed by atoms with Crippen LogP contribution >= 0.6 is 0 Å². The maximum atomic E-state index is 5.96. The van der Waals surface area contributed by atoms with Crippen LogP contribution < -0.4 is 0 Å². The van der Waals surface area contributed by atoms with Gasteiger partial charge in [0.2, 0.25) is 0 Å². The molecule has 0 aromatic carbocycles. The van der Waals surface area contributed by atoms with Crippen LogP contribution in [0.15, 0.2) is 35.5 Å². The highest BCUT2D eigenvalue weighted by Gasteiger charge is 2.33. The van der Waals surface area contributed by atoms with E-state index in [2.05, 4.69) is 24.3 Å². The zero-order chi connectivity index (χ0) is 8.67. The lowest BCUT2D eigenvalue weighted by Crippen LogP contribution is -2.16. The summed E-state index contributed by atoms with van der Waals surface area (Å²) < 4.78 is 5.96. The van der Waals surface area contributed by atoms with Gasteiger partial charge in [0, 0.05) is 0 Å². The summed E-state index contributed by atoms with van der Waals surface area (Å²) in [7, 11) is 0. The van der Waals surface area contributed by atoms with Gasteiger partial charge in [0.25, 0.3) is 0 Å². The SMILES string of the molecule is C1=CC2=C3CCCC[C@H]3O[C@H]2C=C1. The van der Waals surface area contributed by atoms with Crippen molar-refractivity contribution in [1.82, 2.24) is 0 Å². The van der Waals surface area contributed by atoms with Gasteiger partial charge in [-0.05, 0) is 30.4 Å². The number of hydrogen-bond donors (Lipinski definition) is 0. The summed E-state index contributed by atoms with van der Waals surface area (Å²) >= 11 is 0. The third-order valence-corrected chi connectivity index (χ3v) is 3.21. The quantitative estimate of drug-likeness (QED) is 0.548. The van der Waals surface area contributed by atoms with E-state index in [1.165, 1.54) is 31.3 Å². The Morgan fingerprint density at radius 1 is 1.23 bits per heavy atom. The van der Waals surface area contributed by atoms with E-state index in [0.717, 1.165) is 0 Å². The van der Waals surface area contributed by atoms with Crippen LogP contribution in [0.4, 0.5) is 0 Å². The summed E-state index contributed by atoms with van der Waals surface area (Å²) in [4.78, 5) is 0. The molecule has 2 aliphatic carbocycles. The fraction of sp³-hybridized carbons (Fsp3) is 0.500. The van der Waals surface area contributed by atoms with Crippen LogP contribution in [0, 0.1) is 0 Å². The summed E-state index contributed by atoms with van der Waals surface area (Å²) in [5, 5.41) is 0. The van der Waals surface area contributed by atoms with Crippen molar-refractivity contribution in [3.05, 3.63) is 35.5 Å². The second-order valence-electron chi connectivity index (χ2n) is 4.02. The van der Waals surface area contributed by atoms with Crippen molar-refractivity contribution in [1.29, 1.82) is 0 Å². The smallest absolute Gasteiger partial charge is 0.102 e. The zero-order valence-corrected chi connectivity index (χ0v) is 7.70. The highest BCUT2D eigenvalue weighted by atomic mass is 16.5. The molecule has 13 heavy (non-hydrogen) atoms. The minimum atomic E-state index is 0.281. The lowest BCUT2D eigenvalue weighted by atomic mass is 9.88. The van der Waals surface area contributed by atoms with Crippen molar-refractivity contribution in [3.63, 3.8) is 0 Å². The highest BCUT2D eigenvalue weighted by molar-refractivity contribution is 5.43. The Hall–Kier alpha value is -0.820. The molecule has 3 aliphatic rings. The normalized spacial score (nSPS) is 36.3. The molecule has 68 valence electrons. The van der Waals surface area contributed by atoms with Gasteiger partial charge in [0.1, 0.15) is 6.10 Å². The van der Waals surface area contributed by atoms with E-state index in [-0.39, 0.29) is 6.10 Å². The molecule has 1 aliphatic heterocycles. The Labute approximate surface area is 78.8 Å². The molecule has 0 saturated heterocycles. The highest BCUT2D eigenvalue weighted by Crippen LogP contribution is 2.39. The Morgan fingerprint density at radius 3 is 3.23 bits per heavy atom. The molecule has 0 aromatic heterocycles. The van der Waals surface area contributed by atoms with Gasteiger partial charge < -0.3 is 4.74 Å². The largest absolute Gasteiger partial charge is 0.362 e. The standard InChI is InChI=1S/C12H14O/c1-3-7-11-9(5-1)10-6-2-4-8-12(10)13-11/h1,3,5,7,11-12H,2,4,6,8H2/t11-,12+/m0/s1. The van der Waals surface area contributed by atoms with Crippen LogP contribution in [-0.4, -0.2) is 12.2 Å². The predicted octanol–water partition coefficient (Wildman–Crippen LogP) is 2.75. The second-order valence-corrected chi connectivity index (χ2v) is 4.02. The van der Waals surface area contributed by atoms with E-state index in [1.807, 2.05) is 0 Å². The summed E-state index contributed by atoms with van der Waals surface area (Å²) in [5.41, 5.74) is 3.03. The first-order valence-corrected chi connectivity index (χ1v) is 5.18. The molecule has 1 saturated carbocycles. The first-order chi connectivity index (χ1) is 6.45. The van der Waals surface area contributed by atoms with Crippen LogP contribution in [-0.2, 0) is 4.74 Å². The molecule has 0 amide bonds. The summed E-state index contributed by atoms with van der Waals surface area (Å²) in [6.45, 7) is 0. The first-order valence-electron chi connectivity index (χ1n) is 5.18. The van der Waals surface area contributed by atoms with Crippen molar-refractivity contribution >= 4 is 0 Å². The van der Waals surface area contributed by atoms with Gasteiger partial charge in [-0.15, -0.1) is 0 Å². The molecule has 0 aromatic rings. The van der Waals surface area contributed by atoms with Gasteiger partial charge in [-0.3, -0.25) is 0 Å². The van der Waals surface area contributed by atoms with Crippen molar-refractivity contribution < 1.29 is 4.74 Å². The first kappa shape index (κ1) is 7.57. The molecule has 0 spiro atoms. The summed E-state index contributed by atoms with van der Waals surface area (Å²) in [6.07, 6.45) is 14.5. The third kappa shape index (κ3) is 1.11. The van der Waals surface area contributed by atoms with Crippen molar-refractivity contribution in [2.75, 3.05) is 0 Å². The molecular formula is C12H14O. The van der Waals surface area contributed by atoms with Crippen LogP contribution in [0.5, 0.6) is 0 Å². The number of fused-ring (bicyclic) bond motifs is 2. The van der Waals surface area contributed by atoms with E-state index in [4.69, 9.17) is 4.74 Å². The number of rotatable bonds is 0. The molecule has 0 radical (unpaired) electrons. The topological polar surface area (TPSA) is 9.23 Å². The van der Waals surface area contributed by atoms with E-state index >= 15 is 0 Å². The zero-order valence-electron chi connectivity index (χ0n) is 7.70. The number of allylic oxidation sites excluding steroid dienone is 2. The summed E-state index contributed by atoms with van der Waals surface area (Å²) in [5.74, 6) is 0. The monoisotopic (exact) mass is 174 g/mol. The average Bonchev–Trinajstić information content (AvgIpc) is 2.56. The second kappa shape index (κ2) is 2.85. The van der Waals surface area contributed by atoms with Crippen LogP contribution in [0.2, 0.25) is 0 Å². The minimum absolute atomic E-state index is 0.281. The molecule has 0 bridgehead atoms. The van der Waals surface area contributed by atoms with Crippen molar-refractivity contribution in [2.24, 2.45) is 0 Å². The van der Waals surface area contributed by atoms with Crippen molar-refractivity contribution in [3.8, 4) is 0 Å². The van der Waals surface area contributed by atoms with E-state index in [1.54, 1.807) is 5.57 Å². The van der Waals surface area contributed by atoms with E-state index in [9.17, 15) is 0 Å². The molecule has 3 rings (SSSR count). The number of hydrogen-bond acceptors (Lipinski definition) is 1. The Balaban J connectivity index is 2.00. The minimum Gasteiger partial charge on any atom is -0.362 e. The van der Waals surface area contributed by atoms with Gasteiger partial charge in [-0.1, -0.05) is 30.7 Å².